The number of nitrogens with zero attached hydrogens (tertiary/aromatic N) is 1. The van der Waals surface area contributed by atoms with E-state index in [1.807, 2.05) is 0 Å². The van der Waals surface area contributed by atoms with Gasteiger partial charge in [0.25, 0.3) is 0 Å². The summed E-state index contributed by atoms with van der Waals surface area (Å²) in [5.41, 5.74) is 0.398. The van der Waals surface area contributed by atoms with Crippen molar-refractivity contribution in [2.24, 2.45) is 0 Å². The smallest absolute Gasteiger partial charge is 0.0168 e. The van der Waals surface area contributed by atoms with Crippen LogP contribution in [0, 0.1) is 0 Å². The highest BCUT2D eigenvalue weighted by Crippen LogP contribution is 2.30. The minimum atomic E-state index is 0.398. The van der Waals surface area contributed by atoms with Gasteiger partial charge in [-0.15, -0.1) is 0 Å². The number of rotatable bonds is 1. The molecule has 0 unspecified atom stereocenters. The molecule has 94 valence electrons. The molecule has 0 radical (unpaired) electrons. The molecule has 2 heteroatoms. The van der Waals surface area contributed by atoms with Crippen LogP contribution in [-0.4, -0.2) is 36.1 Å². The molecule has 0 aromatic carbocycles. The van der Waals surface area contributed by atoms with Gasteiger partial charge in [0.1, 0.15) is 0 Å². The van der Waals surface area contributed by atoms with Gasteiger partial charge < -0.3 is 5.32 Å². The van der Waals surface area contributed by atoms with Crippen LogP contribution in [0.2, 0.25) is 0 Å². The van der Waals surface area contributed by atoms with E-state index in [1.54, 1.807) is 0 Å². The summed E-state index contributed by atoms with van der Waals surface area (Å²) in [6.07, 6.45) is 9.87. The van der Waals surface area contributed by atoms with E-state index in [0.717, 1.165) is 6.04 Å². The second-order valence-corrected chi connectivity index (χ2v) is 6.15. The molecule has 2 nitrogen and oxygen atoms in total. The van der Waals surface area contributed by atoms with E-state index < -0.39 is 0 Å². The SMILES string of the molecule is CC1(C)CCNCCCN1C1CCCCC1. The lowest BCUT2D eigenvalue weighted by molar-refractivity contribution is 0.0363. The first-order chi connectivity index (χ1) is 7.70. The molecule has 1 saturated carbocycles. The fourth-order valence-corrected chi connectivity index (χ4v) is 3.41. The van der Waals surface area contributed by atoms with Crippen molar-refractivity contribution in [1.29, 1.82) is 0 Å². The maximum atomic E-state index is 3.54. The summed E-state index contributed by atoms with van der Waals surface area (Å²) in [6.45, 7) is 8.57. The molecule has 0 spiro atoms. The number of nitrogens with one attached hydrogen (secondary N) is 1. The Labute approximate surface area is 101 Å². The van der Waals surface area contributed by atoms with Crippen molar-refractivity contribution in [1.82, 2.24) is 10.2 Å². The molecule has 1 aliphatic heterocycles. The molecule has 2 fully saturated rings. The zero-order valence-electron chi connectivity index (χ0n) is 11.1. The summed E-state index contributed by atoms with van der Waals surface area (Å²) in [6, 6.07) is 0.877. The quantitative estimate of drug-likeness (QED) is 0.737. The molecule has 0 amide bonds. The van der Waals surface area contributed by atoms with Gasteiger partial charge in [0.05, 0.1) is 0 Å². The Hall–Kier alpha value is -0.0800. The second-order valence-electron chi connectivity index (χ2n) is 6.15. The van der Waals surface area contributed by atoms with E-state index in [9.17, 15) is 0 Å². The Morgan fingerprint density at radius 2 is 1.75 bits per heavy atom. The topological polar surface area (TPSA) is 15.3 Å². The third-order valence-corrected chi connectivity index (χ3v) is 4.46. The van der Waals surface area contributed by atoms with Gasteiger partial charge in [0.2, 0.25) is 0 Å². The van der Waals surface area contributed by atoms with Crippen LogP contribution in [0.4, 0.5) is 0 Å². The summed E-state index contributed by atoms with van der Waals surface area (Å²) in [7, 11) is 0. The maximum Gasteiger partial charge on any atom is 0.0168 e. The van der Waals surface area contributed by atoms with Crippen LogP contribution in [0.1, 0.15) is 58.8 Å². The van der Waals surface area contributed by atoms with Gasteiger partial charge >= 0.3 is 0 Å². The lowest BCUT2D eigenvalue weighted by atomic mass is 9.88. The van der Waals surface area contributed by atoms with E-state index in [1.165, 1.54) is 64.6 Å². The average molecular weight is 224 g/mol. The van der Waals surface area contributed by atoms with Crippen molar-refractivity contribution < 1.29 is 0 Å². The molecule has 2 aliphatic rings. The zero-order chi connectivity index (χ0) is 11.4. The van der Waals surface area contributed by atoms with Crippen LogP contribution in [-0.2, 0) is 0 Å². The molecule has 0 aromatic rings. The summed E-state index contributed by atoms with van der Waals surface area (Å²) in [5.74, 6) is 0. The predicted octanol–water partition coefficient (Wildman–Crippen LogP) is 2.78. The van der Waals surface area contributed by atoms with Crippen molar-refractivity contribution in [2.45, 2.75) is 70.4 Å². The van der Waals surface area contributed by atoms with E-state index >= 15 is 0 Å². The van der Waals surface area contributed by atoms with Gasteiger partial charge in [-0.25, -0.2) is 0 Å². The highest BCUT2D eigenvalue weighted by Gasteiger charge is 2.33. The fourth-order valence-electron chi connectivity index (χ4n) is 3.41. The van der Waals surface area contributed by atoms with Gasteiger partial charge in [-0.1, -0.05) is 19.3 Å². The molecule has 0 bridgehead atoms. The van der Waals surface area contributed by atoms with Crippen LogP contribution in [0.25, 0.3) is 0 Å². The monoisotopic (exact) mass is 224 g/mol. The van der Waals surface area contributed by atoms with E-state index in [-0.39, 0.29) is 0 Å². The molecule has 1 N–H and O–H groups in total. The van der Waals surface area contributed by atoms with Crippen LogP contribution in [0.3, 0.4) is 0 Å². The Balaban J connectivity index is 2.01. The molecular formula is C14H28N2. The highest BCUT2D eigenvalue weighted by atomic mass is 15.2. The molecule has 1 aliphatic carbocycles. The summed E-state index contributed by atoms with van der Waals surface area (Å²) in [4.78, 5) is 2.83. The largest absolute Gasteiger partial charge is 0.317 e. The van der Waals surface area contributed by atoms with Gasteiger partial charge in [-0.05, 0) is 52.6 Å². The standard InChI is InChI=1S/C14H28N2/c1-14(2)9-11-15-10-6-12-16(14)13-7-4-3-5-8-13/h13,15H,3-12H2,1-2H3. The lowest BCUT2D eigenvalue weighted by Crippen LogP contribution is -2.53. The predicted molar refractivity (Wildman–Crippen MR) is 69.8 cm³/mol. The van der Waals surface area contributed by atoms with E-state index in [4.69, 9.17) is 0 Å². The first kappa shape index (κ1) is 12.4. The zero-order valence-corrected chi connectivity index (χ0v) is 11.1. The molecule has 0 aromatic heterocycles. The Kier molecular flexibility index (Phi) is 4.26. The van der Waals surface area contributed by atoms with Gasteiger partial charge in [0.15, 0.2) is 0 Å². The molecule has 1 saturated heterocycles. The minimum Gasteiger partial charge on any atom is -0.317 e. The van der Waals surface area contributed by atoms with Crippen molar-refractivity contribution in [3.63, 3.8) is 0 Å². The third kappa shape index (κ3) is 2.98. The van der Waals surface area contributed by atoms with Crippen molar-refractivity contribution in [2.75, 3.05) is 19.6 Å². The van der Waals surface area contributed by atoms with Crippen LogP contribution in [0.15, 0.2) is 0 Å². The van der Waals surface area contributed by atoms with Crippen molar-refractivity contribution >= 4 is 0 Å². The van der Waals surface area contributed by atoms with Gasteiger partial charge in [0, 0.05) is 18.1 Å². The normalized spacial score (nSPS) is 29.6. The number of hydrogen-bond donors (Lipinski definition) is 1. The van der Waals surface area contributed by atoms with Crippen LogP contribution in [0.5, 0.6) is 0 Å². The van der Waals surface area contributed by atoms with Crippen molar-refractivity contribution in [3.05, 3.63) is 0 Å². The molecule has 2 rings (SSSR count). The lowest BCUT2D eigenvalue weighted by Gasteiger charge is -2.46. The molecule has 16 heavy (non-hydrogen) atoms. The summed E-state index contributed by atoms with van der Waals surface area (Å²) in [5, 5.41) is 3.54. The Bertz CT molecular complexity index is 207. The summed E-state index contributed by atoms with van der Waals surface area (Å²) >= 11 is 0. The van der Waals surface area contributed by atoms with Gasteiger partial charge in [-0.3, -0.25) is 4.90 Å². The first-order valence-electron chi connectivity index (χ1n) is 7.18. The molecule has 1 heterocycles. The average Bonchev–Trinajstić information content (AvgIpc) is 2.26. The van der Waals surface area contributed by atoms with E-state index in [0.29, 0.717) is 5.54 Å². The molecular weight excluding hydrogens is 196 g/mol. The first-order valence-corrected chi connectivity index (χ1v) is 7.18. The molecule has 0 atom stereocenters. The Morgan fingerprint density at radius 3 is 2.50 bits per heavy atom. The minimum absolute atomic E-state index is 0.398. The maximum absolute atomic E-state index is 3.54. The van der Waals surface area contributed by atoms with Crippen molar-refractivity contribution in [3.8, 4) is 0 Å². The summed E-state index contributed by atoms with van der Waals surface area (Å²) < 4.78 is 0. The second kappa shape index (κ2) is 5.50. The highest BCUT2D eigenvalue weighted by molar-refractivity contribution is 4.89. The van der Waals surface area contributed by atoms with E-state index in [2.05, 4.69) is 24.1 Å². The Morgan fingerprint density at radius 1 is 1.00 bits per heavy atom. The van der Waals surface area contributed by atoms with Crippen LogP contribution < -0.4 is 5.32 Å². The fraction of sp³-hybridized carbons (Fsp3) is 1.00. The van der Waals surface area contributed by atoms with Crippen LogP contribution >= 0.6 is 0 Å². The number of hydrogen-bond acceptors (Lipinski definition) is 2. The van der Waals surface area contributed by atoms with Gasteiger partial charge in [-0.2, -0.15) is 0 Å². The third-order valence-electron chi connectivity index (χ3n) is 4.46.